The molecule has 0 aliphatic rings. The lowest BCUT2D eigenvalue weighted by Crippen LogP contribution is -2.26. The Morgan fingerprint density at radius 3 is 2.36 bits per heavy atom. The molecule has 0 fully saturated rings. The summed E-state index contributed by atoms with van der Waals surface area (Å²) in [6, 6.07) is 11.8. The molecule has 2 aromatic carbocycles. The lowest BCUT2D eigenvalue weighted by Gasteiger charge is -2.05. The predicted octanol–water partition coefficient (Wildman–Crippen LogP) is 3.22. The Hall–Kier alpha value is -3.16. The fourth-order valence-electron chi connectivity index (χ4n) is 2.77. The summed E-state index contributed by atoms with van der Waals surface area (Å²) in [7, 11) is 0. The summed E-state index contributed by atoms with van der Waals surface area (Å²) < 4.78 is 54.5. The molecule has 126 valence electrons. The van der Waals surface area contributed by atoms with Gasteiger partial charge in [0.2, 0.25) is 5.52 Å². The van der Waals surface area contributed by atoms with Gasteiger partial charge in [0.25, 0.3) is 0 Å². The highest BCUT2D eigenvalue weighted by Gasteiger charge is 2.30. The molecule has 2 heterocycles. The molecule has 0 bridgehead atoms. The van der Waals surface area contributed by atoms with Gasteiger partial charge >= 0.3 is 11.7 Å². The summed E-state index contributed by atoms with van der Waals surface area (Å²) >= 11 is 0. The number of nitrogens with zero attached hydrogens (tertiary/aromatic N) is 2. The average Bonchev–Trinajstić information content (AvgIpc) is 2.91. The molecule has 0 unspecified atom stereocenters. The number of hydrogen-bond donors (Lipinski definition) is 1. The molecule has 0 saturated carbocycles. The molecule has 0 radical (unpaired) electrons. The van der Waals surface area contributed by atoms with Crippen LogP contribution in [0.1, 0.15) is 5.56 Å². The highest BCUT2D eigenvalue weighted by molar-refractivity contribution is 5.77. The molecule has 0 spiro atoms. The summed E-state index contributed by atoms with van der Waals surface area (Å²) in [5.74, 6) is -0.520. The van der Waals surface area contributed by atoms with E-state index in [-0.39, 0.29) is 16.7 Å². The van der Waals surface area contributed by atoms with Gasteiger partial charge in [-0.2, -0.15) is 13.2 Å². The van der Waals surface area contributed by atoms with Crippen molar-refractivity contribution in [3.8, 4) is 5.69 Å². The number of H-pyrrole nitrogens is 1. The van der Waals surface area contributed by atoms with Crippen LogP contribution in [-0.2, 0) is 6.18 Å². The van der Waals surface area contributed by atoms with Gasteiger partial charge in [-0.3, -0.25) is 0 Å². The number of halogens is 4. The largest absolute Gasteiger partial charge is 0.416 e. The number of benzene rings is 2. The van der Waals surface area contributed by atoms with E-state index in [0.29, 0.717) is 5.39 Å². The number of hydrogen-bond acceptors (Lipinski definition) is 1. The second-order valence-corrected chi connectivity index (χ2v) is 5.52. The first-order valence-electron chi connectivity index (χ1n) is 7.28. The van der Waals surface area contributed by atoms with Crippen molar-refractivity contribution < 1.29 is 22.1 Å². The number of aromatic amines is 1. The van der Waals surface area contributed by atoms with E-state index in [0.717, 1.165) is 16.8 Å². The van der Waals surface area contributed by atoms with E-state index in [4.69, 9.17) is 0 Å². The van der Waals surface area contributed by atoms with Crippen LogP contribution in [0.3, 0.4) is 0 Å². The van der Waals surface area contributed by atoms with Gasteiger partial charge in [-0.05, 0) is 42.5 Å². The van der Waals surface area contributed by atoms with Crippen molar-refractivity contribution in [2.45, 2.75) is 6.18 Å². The van der Waals surface area contributed by atoms with Crippen molar-refractivity contribution in [2.24, 2.45) is 0 Å². The van der Waals surface area contributed by atoms with Crippen LogP contribution in [0.25, 0.3) is 22.1 Å². The van der Waals surface area contributed by atoms with Gasteiger partial charge in [-0.25, -0.2) is 9.18 Å². The highest BCUT2D eigenvalue weighted by atomic mass is 19.4. The molecule has 4 rings (SSSR count). The first-order chi connectivity index (χ1) is 11.9. The number of fused-ring (bicyclic) bond motifs is 3. The summed E-state index contributed by atoms with van der Waals surface area (Å²) in [6.45, 7) is 0. The van der Waals surface area contributed by atoms with Crippen molar-refractivity contribution in [1.29, 1.82) is 0 Å². The van der Waals surface area contributed by atoms with E-state index < -0.39 is 23.1 Å². The van der Waals surface area contributed by atoms with Gasteiger partial charge in [0.15, 0.2) is 17.0 Å². The summed E-state index contributed by atoms with van der Waals surface area (Å²) in [5.41, 5.74) is -0.735. The summed E-state index contributed by atoms with van der Waals surface area (Å²) in [4.78, 5) is 12.5. The smallest absolute Gasteiger partial charge is 0.234 e. The van der Waals surface area contributed by atoms with Crippen LogP contribution in [0.4, 0.5) is 17.6 Å². The fourth-order valence-corrected chi connectivity index (χ4v) is 2.77. The minimum Gasteiger partial charge on any atom is -0.234 e. The van der Waals surface area contributed by atoms with Gasteiger partial charge < -0.3 is 0 Å². The number of para-hydroxylation sites is 1. The van der Waals surface area contributed by atoms with Crippen LogP contribution in [0, 0.1) is 5.82 Å². The summed E-state index contributed by atoms with van der Waals surface area (Å²) in [5, 5.41) is 3.30. The maximum Gasteiger partial charge on any atom is 0.416 e. The van der Waals surface area contributed by atoms with Crippen molar-refractivity contribution >= 4 is 16.4 Å². The molecule has 1 N–H and O–H groups in total. The predicted molar refractivity (Wildman–Crippen MR) is 82.0 cm³/mol. The van der Waals surface area contributed by atoms with E-state index >= 15 is 0 Å². The van der Waals surface area contributed by atoms with Crippen LogP contribution in [-0.4, -0.2) is 9.90 Å². The Kier molecular flexibility index (Phi) is 3.18. The normalized spacial score (nSPS) is 12.2. The Morgan fingerprint density at radius 1 is 0.960 bits per heavy atom. The Bertz CT molecular complexity index is 1160. The van der Waals surface area contributed by atoms with Crippen LogP contribution < -0.4 is 10.1 Å². The van der Waals surface area contributed by atoms with E-state index in [9.17, 15) is 22.4 Å². The van der Waals surface area contributed by atoms with E-state index in [2.05, 4.69) is 5.21 Å². The number of nitrogens with one attached hydrogen (secondary N) is 1. The molecule has 0 aliphatic carbocycles. The minimum atomic E-state index is -4.46. The molecule has 4 aromatic rings. The third-order valence-electron chi connectivity index (χ3n) is 3.98. The molecule has 4 nitrogen and oxygen atoms in total. The van der Waals surface area contributed by atoms with Crippen LogP contribution in [0.5, 0.6) is 0 Å². The van der Waals surface area contributed by atoms with E-state index in [1.54, 1.807) is 18.2 Å². The van der Waals surface area contributed by atoms with Gasteiger partial charge in [-0.15, -0.1) is 4.52 Å². The monoisotopic (exact) mass is 348 g/mol. The molecule has 8 heteroatoms. The van der Waals surface area contributed by atoms with E-state index in [1.165, 1.54) is 28.8 Å². The van der Waals surface area contributed by atoms with Crippen molar-refractivity contribution in [3.63, 3.8) is 0 Å². The lowest BCUT2D eigenvalue weighted by molar-refractivity contribution is -0.556. The molecule has 0 atom stereocenters. The molecule has 0 saturated heterocycles. The molecule has 0 aliphatic heterocycles. The maximum atomic E-state index is 14.2. The molecule has 2 aromatic heterocycles. The number of pyridine rings is 1. The van der Waals surface area contributed by atoms with Crippen molar-refractivity contribution in [3.05, 3.63) is 76.3 Å². The Labute approximate surface area is 137 Å². The molecule has 0 amide bonds. The third-order valence-corrected chi connectivity index (χ3v) is 3.98. The molecule has 25 heavy (non-hydrogen) atoms. The van der Waals surface area contributed by atoms with Crippen molar-refractivity contribution in [1.82, 2.24) is 9.90 Å². The zero-order chi connectivity index (χ0) is 17.8. The zero-order valence-corrected chi connectivity index (χ0v) is 12.5. The first kappa shape index (κ1) is 15.4. The molecular weight excluding hydrogens is 338 g/mol. The number of alkyl halides is 3. The van der Waals surface area contributed by atoms with Gasteiger partial charge in [0.1, 0.15) is 0 Å². The van der Waals surface area contributed by atoms with Gasteiger partial charge in [0, 0.05) is 5.39 Å². The Balaban J connectivity index is 1.96. The maximum absolute atomic E-state index is 14.2. The van der Waals surface area contributed by atoms with E-state index in [1.807, 2.05) is 0 Å². The quantitative estimate of drug-likeness (QED) is 0.417. The number of aromatic nitrogens is 3. The van der Waals surface area contributed by atoms with Crippen LogP contribution in [0.15, 0.2) is 59.4 Å². The standard InChI is InChI=1S/C17H9F4N3O/c18-13-3-1-2-10-4-9-14-16(25)23(22-24(14)15(10)13)12-7-5-11(6-8-12)17(19,20)21/h1-9H/p+1. The van der Waals surface area contributed by atoms with Crippen LogP contribution >= 0.6 is 0 Å². The second-order valence-electron chi connectivity index (χ2n) is 5.52. The highest BCUT2D eigenvalue weighted by Crippen LogP contribution is 2.29. The second kappa shape index (κ2) is 5.17. The fraction of sp³-hybridized carbons (Fsp3) is 0.0588. The summed E-state index contributed by atoms with van der Waals surface area (Å²) in [6.07, 6.45) is -4.46. The Morgan fingerprint density at radius 2 is 1.68 bits per heavy atom. The molecular formula is C17H10F4N3O+. The average molecular weight is 348 g/mol. The first-order valence-corrected chi connectivity index (χ1v) is 7.28. The SMILES string of the molecule is O=c1c2ccc3cccc(F)c3[n+]2[nH]n1-c1ccc(C(F)(F)F)cc1. The van der Waals surface area contributed by atoms with Gasteiger partial charge in [-0.1, -0.05) is 22.0 Å². The minimum absolute atomic E-state index is 0.178. The topological polar surface area (TPSA) is 41.9 Å². The zero-order valence-electron chi connectivity index (χ0n) is 12.5. The van der Waals surface area contributed by atoms with Crippen molar-refractivity contribution in [2.75, 3.05) is 0 Å². The van der Waals surface area contributed by atoms with Crippen LogP contribution in [0.2, 0.25) is 0 Å². The number of rotatable bonds is 1. The lowest BCUT2D eigenvalue weighted by atomic mass is 10.2. The van der Waals surface area contributed by atoms with Gasteiger partial charge in [0.05, 0.1) is 5.56 Å². The third kappa shape index (κ3) is 2.37.